The summed E-state index contributed by atoms with van der Waals surface area (Å²) >= 11 is 5.51. The molecule has 18 heavy (non-hydrogen) atoms. The van der Waals surface area contributed by atoms with Crippen molar-refractivity contribution in [1.82, 2.24) is 4.98 Å². The van der Waals surface area contributed by atoms with Crippen molar-refractivity contribution in [2.24, 2.45) is 0 Å². The standard InChI is InChI=1S/C13H15ClN2O2/c1-8-4-13(18)11-5-9(2-3-12(11)16-8)15-7-10(17)6-14/h2-5,10,15,17H,6-7H2,1H3,(H,16,18). The molecule has 1 aromatic heterocycles. The molecule has 0 saturated carbocycles. The van der Waals surface area contributed by atoms with Crippen LogP contribution in [0.3, 0.4) is 0 Å². The number of nitrogens with one attached hydrogen (secondary N) is 2. The molecule has 1 aromatic carbocycles. The topological polar surface area (TPSA) is 65.1 Å². The number of pyridine rings is 1. The van der Waals surface area contributed by atoms with Gasteiger partial charge in [0.05, 0.1) is 12.0 Å². The minimum Gasteiger partial charge on any atom is -0.390 e. The number of aliphatic hydroxyl groups excluding tert-OH is 1. The van der Waals surface area contributed by atoms with Crippen molar-refractivity contribution in [2.75, 3.05) is 17.7 Å². The summed E-state index contributed by atoms with van der Waals surface area (Å²) in [7, 11) is 0. The average Bonchev–Trinajstić information content (AvgIpc) is 2.36. The fourth-order valence-electron chi connectivity index (χ4n) is 1.78. The summed E-state index contributed by atoms with van der Waals surface area (Å²) < 4.78 is 0. The maximum absolute atomic E-state index is 11.8. The van der Waals surface area contributed by atoms with Gasteiger partial charge in [-0.25, -0.2) is 0 Å². The van der Waals surface area contributed by atoms with Crippen molar-refractivity contribution in [3.05, 3.63) is 40.2 Å². The van der Waals surface area contributed by atoms with Gasteiger partial charge in [0.1, 0.15) is 0 Å². The van der Waals surface area contributed by atoms with Crippen molar-refractivity contribution < 1.29 is 5.11 Å². The molecule has 0 amide bonds. The van der Waals surface area contributed by atoms with E-state index < -0.39 is 6.10 Å². The molecule has 0 aliphatic carbocycles. The van der Waals surface area contributed by atoms with Gasteiger partial charge in [0.15, 0.2) is 5.43 Å². The van der Waals surface area contributed by atoms with Crippen LogP contribution in [0.2, 0.25) is 0 Å². The first kappa shape index (κ1) is 12.9. The molecule has 5 heteroatoms. The Labute approximate surface area is 110 Å². The quantitative estimate of drug-likeness (QED) is 0.740. The van der Waals surface area contributed by atoms with Crippen molar-refractivity contribution in [3.8, 4) is 0 Å². The Kier molecular flexibility index (Phi) is 3.89. The predicted octanol–water partition coefficient (Wildman–Crippen LogP) is 1.85. The molecule has 4 nitrogen and oxygen atoms in total. The number of halogens is 1. The monoisotopic (exact) mass is 266 g/mol. The van der Waals surface area contributed by atoms with Gasteiger partial charge in [-0.15, -0.1) is 11.6 Å². The van der Waals surface area contributed by atoms with Crippen LogP contribution in [-0.2, 0) is 0 Å². The number of alkyl halides is 1. The van der Waals surface area contributed by atoms with Crippen LogP contribution in [0.15, 0.2) is 29.1 Å². The lowest BCUT2D eigenvalue weighted by Gasteiger charge is -2.10. The van der Waals surface area contributed by atoms with Crippen molar-refractivity contribution in [2.45, 2.75) is 13.0 Å². The van der Waals surface area contributed by atoms with Crippen LogP contribution in [0, 0.1) is 6.92 Å². The smallest absolute Gasteiger partial charge is 0.189 e. The number of hydrogen-bond acceptors (Lipinski definition) is 3. The maximum atomic E-state index is 11.8. The van der Waals surface area contributed by atoms with E-state index in [1.54, 1.807) is 12.1 Å². The fourth-order valence-corrected chi connectivity index (χ4v) is 1.89. The van der Waals surface area contributed by atoms with Crippen LogP contribution in [-0.4, -0.2) is 28.6 Å². The van der Waals surface area contributed by atoms with E-state index in [0.717, 1.165) is 16.9 Å². The lowest BCUT2D eigenvalue weighted by Crippen LogP contribution is -2.20. The number of aromatic amines is 1. The van der Waals surface area contributed by atoms with E-state index in [2.05, 4.69) is 10.3 Å². The third-order valence-corrected chi connectivity index (χ3v) is 3.04. The van der Waals surface area contributed by atoms with Crippen LogP contribution in [0.4, 0.5) is 5.69 Å². The average molecular weight is 267 g/mol. The Hall–Kier alpha value is -1.52. The molecule has 1 heterocycles. The van der Waals surface area contributed by atoms with E-state index in [1.165, 1.54) is 0 Å². The second-order valence-corrected chi connectivity index (χ2v) is 4.57. The predicted molar refractivity (Wildman–Crippen MR) is 74.5 cm³/mol. The van der Waals surface area contributed by atoms with Gasteiger partial charge in [0.25, 0.3) is 0 Å². The summed E-state index contributed by atoms with van der Waals surface area (Å²) in [5.74, 6) is 0.181. The van der Waals surface area contributed by atoms with Gasteiger partial charge in [-0.05, 0) is 25.1 Å². The number of H-pyrrole nitrogens is 1. The summed E-state index contributed by atoms with van der Waals surface area (Å²) in [4.78, 5) is 15.0. The van der Waals surface area contributed by atoms with Crippen molar-refractivity contribution in [3.63, 3.8) is 0 Å². The van der Waals surface area contributed by atoms with Gasteiger partial charge in [0.2, 0.25) is 0 Å². The van der Waals surface area contributed by atoms with E-state index >= 15 is 0 Å². The second-order valence-electron chi connectivity index (χ2n) is 4.27. The van der Waals surface area contributed by atoms with E-state index in [-0.39, 0.29) is 11.3 Å². The van der Waals surface area contributed by atoms with Gasteiger partial charge >= 0.3 is 0 Å². The van der Waals surface area contributed by atoms with Crippen LogP contribution in [0.5, 0.6) is 0 Å². The van der Waals surface area contributed by atoms with E-state index in [1.807, 2.05) is 19.1 Å². The highest BCUT2D eigenvalue weighted by atomic mass is 35.5. The minimum absolute atomic E-state index is 0.0113. The molecule has 96 valence electrons. The number of benzene rings is 1. The second kappa shape index (κ2) is 5.42. The van der Waals surface area contributed by atoms with Crippen LogP contribution >= 0.6 is 11.6 Å². The highest BCUT2D eigenvalue weighted by molar-refractivity contribution is 6.18. The van der Waals surface area contributed by atoms with Crippen LogP contribution in [0.25, 0.3) is 10.9 Å². The Morgan fingerprint density at radius 1 is 1.44 bits per heavy atom. The third-order valence-electron chi connectivity index (χ3n) is 2.68. The summed E-state index contributed by atoms with van der Waals surface area (Å²) in [6, 6.07) is 7.05. The third kappa shape index (κ3) is 2.83. The van der Waals surface area contributed by atoms with E-state index in [4.69, 9.17) is 11.6 Å². The number of aliphatic hydroxyl groups is 1. The Balaban J connectivity index is 2.30. The van der Waals surface area contributed by atoms with Crippen LogP contribution in [0.1, 0.15) is 5.69 Å². The van der Waals surface area contributed by atoms with E-state index in [9.17, 15) is 9.90 Å². The van der Waals surface area contributed by atoms with Gasteiger partial charge in [-0.2, -0.15) is 0 Å². The van der Waals surface area contributed by atoms with Gasteiger partial charge in [-0.3, -0.25) is 4.79 Å². The van der Waals surface area contributed by atoms with Crippen molar-refractivity contribution >= 4 is 28.2 Å². The largest absolute Gasteiger partial charge is 0.390 e. The van der Waals surface area contributed by atoms with Gasteiger partial charge in [0, 0.05) is 34.9 Å². The highest BCUT2D eigenvalue weighted by Crippen LogP contribution is 2.15. The first-order chi connectivity index (χ1) is 8.60. The SMILES string of the molecule is Cc1cc(=O)c2cc(NCC(O)CCl)ccc2[nH]1. The molecule has 1 unspecified atom stereocenters. The minimum atomic E-state index is -0.598. The molecular formula is C13H15ClN2O2. The number of aromatic nitrogens is 1. The Bertz CT molecular complexity index is 609. The lowest BCUT2D eigenvalue weighted by atomic mass is 10.1. The van der Waals surface area contributed by atoms with Crippen molar-refractivity contribution in [1.29, 1.82) is 0 Å². The number of aryl methyl sites for hydroxylation is 1. The zero-order valence-corrected chi connectivity index (χ0v) is 10.8. The zero-order valence-electron chi connectivity index (χ0n) is 10.0. The molecule has 0 saturated heterocycles. The number of hydrogen-bond donors (Lipinski definition) is 3. The zero-order chi connectivity index (χ0) is 13.1. The molecule has 0 aliphatic heterocycles. The highest BCUT2D eigenvalue weighted by Gasteiger charge is 2.04. The summed E-state index contributed by atoms with van der Waals surface area (Å²) in [5.41, 5.74) is 2.43. The maximum Gasteiger partial charge on any atom is 0.189 e. The number of fused-ring (bicyclic) bond motifs is 1. The normalized spacial score (nSPS) is 12.6. The molecule has 2 rings (SSSR count). The van der Waals surface area contributed by atoms with Gasteiger partial charge in [-0.1, -0.05) is 0 Å². The molecule has 0 spiro atoms. The first-order valence-electron chi connectivity index (χ1n) is 5.72. The van der Waals surface area contributed by atoms with Crippen LogP contribution < -0.4 is 10.7 Å². The molecule has 2 aromatic rings. The molecule has 0 aliphatic rings. The van der Waals surface area contributed by atoms with E-state index in [0.29, 0.717) is 11.9 Å². The summed E-state index contributed by atoms with van der Waals surface area (Å²) in [5, 5.41) is 13.0. The Morgan fingerprint density at radius 2 is 2.22 bits per heavy atom. The first-order valence-corrected chi connectivity index (χ1v) is 6.25. The summed E-state index contributed by atoms with van der Waals surface area (Å²) in [6.45, 7) is 2.21. The fraction of sp³-hybridized carbons (Fsp3) is 0.308. The molecule has 0 radical (unpaired) electrons. The number of anilines is 1. The Morgan fingerprint density at radius 3 is 2.94 bits per heavy atom. The number of rotatable bonds is 4. The molecule has 3 N–H and O–H groups in total. The lowest BCUT2D eigenvalue weighted by molar-refractivity contribution is 0.211. The molecule has 0 fully saturated rings. The van der Waals surface area contributed by atoms with Gasteiger partial charge < -0.3 is 15.4 Å². The molecule has 1 atom stereocenters. The molecular weight excluding hydrogens is 252 g/mol. The molecule has 0 bridgehead atoms. The summed E-state index contributed by atoms with van der Waals surface area (Å²) in [6.07, 6.45) is -0.598.